The maximum atomic E-state index is 14.4. The Morgan fingerprint density at radius 3 is 2.60 bits per heavy atom. The van der Waals surface area contributed by atoms with Crippen LogP contribution >= 0.6 is 0 Å². The molecule has 1 aromatic carbocycles. The van der Waals surface area contributed by atoms with Crippen LogP contribution in [0.5, 0.6) is 0 Å². The summed E-state index contributed by atoms with van der Waals surface area (Å²) in [5, 5.41) is 12.5. The second-order valence-electron chi connectivity index (χ2n) is 8.61. The third kappa shape index (κ3) is 3.92. The first-order valence-corrected chi connectivity index (χ1v) is 11.1. The molecule has 0 radical (unpaired) electrons. The molecule has 4 aromatic heterocycles. The minimum absolute atomic E-state index is 0.123. The number of rotatable bonds is 5. The highest BCUT2D eigenvalue weighted by atomic mass is 19.1. The van der Waals surface area contributed by atoms with E-state index < -0.39 is 5.82 Å². The summed E-state index contributed by atoms with van der Waals surface area (Å²) in [7, 11) is 1.81. The molecular formula is C25H20F2N8. The largest absolute Gasteiger partial charge is 0.384 e. The molecule has 35 heavy (non-hydrogen) atoms. The van der Waals surface area contributed by atoms with Gasteiger partial charge in [-0.1, -0.05) is 6.07 Å². The first-order chi connectivity index (χ1) is 17.0. The smallest absolute Gasteiger partial charge is 0.164 e. The Hall–Kier alpha value is -4.47. The summed E-state index contributed by atoms with van der Waals surface area (Å²) in [4.78, 5) is 8.93. The van der Waals surface area contributed by atoms with Gasteiger partial charge in [-0.2, -0.15) is 5.10 Å². The van der Waals surface area contributed by atoms with Gasteiger partial charge < -0.3 is 10.3 Å². The number of hydrogen-bond acceptors (Lipinski definition) is 6. The fourth-order valence-electron chi connectivity index (χ4n) is 4.11. The number of nitrogen functional groups attached to an aromatic ring is 1. The Kier molecular flexibility index (Phi) is 4.87. The van der Waals surface area contributed by atoms with Crippen LogP contribution in [0.15, 0.2) is 61.2 Å². The highest BCUT2D eigenvalue weighted by Crippen LogP contribution is 2.42. The molecule has 0 saturated heterocycles. The zero-order chi connectivity index (χ0) is 24.1. The minimum Gasteiger partial charge on any atom is -0.384 e. The maximum absolute atomic E-state index is 14.4. The Balaban J connectivity index is 1.49. The summed E-state index contributed by atoms with van der Waals surface area (Å²) in [6.45, 7) is 0. The Labute approximate surface area is 199 Å². The highest BCUT2D eigenvalue weighted by molar-refractivity contribution is 5.81. The number of hydrogen-bond donors (Lipinski definition) is 1. The Morgan fingerprint density at radius 1 is 0.971 bits per heavy atom. The lowest BCUT2D eigenvalue weighted by atomic mass is 9.98. The molecule has 1 saturated carbocycles. The summed E-state index contributed by atoms with van der Waals surface area (Å²) >= 11 is 0. The van der Waals surface area contributed by atoms with Gasteiger partial charge in [0.15, 0.2) is 11.6 Å². The SMILES string of the molecule is Cn1cnnc1-c1cc(F)ccc1-c1cc(C2CC2)nc(-n2cc(-c3nc(N)ccc3F)cn2)c1. The lowest BCUT2D eigenvalue weighted by Crippen LogP contribution is -2.02. The second kappa shape index (κ2) is 8.08. The van der Waals surface area contributed by atoms with E-state index in [0.29, 0.717) is 28.7 Å². The summed E-state index contributed by atoms with van der Waals surface area (Å²) in [6, 6.07) is 11.2. The summed E-state index contributed by atoms with van der Waals surface area (Å²) < 4.78 is 31.9. The zero-order valence-electron chi connectivity index (χ0n) is 18.7. The van der Waals surface area contributed by atoms with Crippen LogP contribution in [0.2, 0.25) is 0 Å². The summed E-state index contributed by atoms with van der Waals surface area (Å²) in [6.07, 6.45) is 6.88. The van der Waals surface area contributed by atoms with Crippen LogP contribution in [0.1, 0.15) is 24.5 Å². The number of nitrogens with two attached hydrogens (primary N) is 1. The van der Waals surface area contributed by atoms with Crippen molar-refractivity contribution in [3.8, 4) is 39.6 Å². The van der Waals surface area contributed by atoms with E-state index in [0.717, 1.165) is 29.7 Å². The number of anilines is 1. The van der Waals surface area contributed by atoms with Gasteiger partial charge in [0.05, 0.1) is 6.20 Å². The molecule has 6 rings (SSSR count). The van der Waals surface area contributed by atoms with Crippen LogP contribution < -0.4 is 5.73 Å². The predicted octanol–water partition coefficient (Wildman–Crippen LogP) is 4.53. The number of benzene rings is 1. The summed E-state index contributed by atoms with van der Waals surface area (Å²) in [5.41, 5.74) is 9.54. The van der Waals surface area contributed by atoms with Gasteiger partial charge in [0.25, 0.3) is 0 Å². The third-order valence-corrected chi connectivity index (χ3v) is 6.03. The van der Waals surface area contributed by atoms with Crippen LogP contribution in [0, 0.1) is 11.6 Å². The molecule has 5 aromatic rings. The van der Waals surface area contributed by atoms with Crippen molar-refractivity contribution >= 4 is 5.82 Å². The third-order valence-electron chi connectivity index (χ3n) is 6.03. The second-order valence-corrected chi connectivity index (χ2v) is 8.61. The van der Waals surface area contributed by atoms with Crippen LogP contribution in [0.3, 0.4) is 0 Å². The van der Waals surface area contributed by atoms with Crippen molar-refractivity contribution in [2.24, 2.45) is 7.05 Å². The standard InChI is InChI=1S/C25H20F2N8/c1-34-13-29-33-25(34)19-10-17(26)4-5-18(19)15-8-21(14-2-3-14)31-23(9-15)35-12-16(11-30-35)24-20(27)6-7-22(28)32-24/h4-14H,2-3H2,1H3,(H2,28,32). The normalized spacial score (nSPS) is 13.3. The first-order valence-electron chi connectivity index (χ1n) is 11.1. The topological polar surface area (TPSA) is 100 Å². The van der Waals surface area contributed by atoms with Gasteiger partial charge in [0.2, 0.25) is 0 Å². The van der Waals surface area contributed by atoms with Crippen molar-refractivity contribution < 1.29 is 8.78 Å². The quantitative estimate of drug-likeness (QED) is 0.405. The van der Waals surface area contributed by atoms with Crippen molar-refractivity contribution in [1.82, 2.24) is 34.5 Å². The van der Waals surface area contributed by atoms with Gasteiger partial charge in [0.1, 0.15) is 29.5 Å². The van der Waals surface area contributed by atoms with Crippen molar-refractivity contribution in [2.75, 3.05) is 5.73 Å². The molecule has 1 aliphatic carbocycles. The molecule has 10 heteroatoms. The molecule has 0 spiro atoms. The van der Waals surface area contributed by atoms with Crippen LogP contribution in [-0.4, -0.2) is 34.5 Å². The fourth-order valence-corrected chi connectivity index (χ4v) is 4.11. The van der Waals surface area contributed by atoms with E-state index in [1.54, 1.807) is 27.8 Å². The van der Waals surface area contributed by atoms with Gasteiger partial charge in [-0.25, -0.2) is 23.4 Å². The van der Waals surface area contributed by atoms with E-state index in [1.807, 2.05) is 19.2 Å². The van der Waals surface area contributed by atoms with Crippen molar-refractivity contribution in [3.63, 3.8) is 0 Å². The lowest BCUT2D eigenvalue weighted by Gasteiger charge is -2.13. The van der Waals surface area contributed by atoms with Crippen molar-refractivity contribution in [3.05, 3.63) is 78.5 Å². The molecule has 0 bridgehead atoms. The van der Waals surface area contributed by atoms with Gasteiger partial charge in [-0.05, 0) is 60.4 Å². The fraction of sp³-hybridized carbons (Fsp3) is 0.160. The molecule has 2 N–H and O–H groups in total. The number of aromatic nitrogens is 7. The maximum Gasteiger partial charge on any atom is 0.164 e. The average Bonchev–Trinajstić information content (AvgIpc) is 3.43. The highest BCUT2D eigenvalue weighted by Gasteiger charge is 2.27. The lowest BCUT2D eigenvalue weighted by molar-refractivity contribution is 0.626. The van der Waals surface area contributed by atoms with E-state index in [4.69, 9.17) is 10.7 Å². The number of nitrogens with zero attached hydrogens (tertiary/aromatic N) is 7. The zero-order valence-corrected chi connectivity index (χ0v) is 18.7. The van der Waals surface area contributed by atoms with E-state index in [2.05, 4.69) is 20.3 Å². The molecule has 0 atom stereocenters. The molecule has 1 aliphatic rings. The van der Waals surface area contributed by atoms with Gasteiger partial charge >= 0.3 is 0 Å². The molecule has 0 amide bonds. The van der Waals surface area contributed by atoms with Crippen molar-refractivity contribution in [1.29, 1.82) is 0 Å². The first kappa shape index (κ1) is 21.1. The number of aryl methyl sites for hydroxylation is 1. The molecule has 1 fully saturated rings. The van der Waals surface area contributed by atoms with Gasteiger partial charge in [0, 0.05) is 36.0 Å². The van der Waals surface area contributed by atoms with Crippen LogP contribution in [-0.2, 0) is 7.05 Å². The van der Waals surface area contributed by atoms with E-state index in [9.17, 15) is 8.78 Å². The molecule has 4 heterocycles. The van der Waals surface area contributed by atoms with Gasteiger partial charge in [-0.3, -0.25) is 0 Å². The molecule has 0 aliphatic heterocycles. The number of pyridine rings is 2. The Bertz CT molecular complexity index is 1570. The molecule has 0 unspecified atom stereocenters. The van der Waals surface area contributed by atoms with Crippen LogP contribution in [0.25, 0.3) is 39.6 Å². The van der Waals surface area contributed by atoms with E-state index in [-0.39, 0.29) is 17.3 Å². The Morgan fingerprint density at radius 2 is 1.83 bits per heavy atom. The molecule has 8 nitrogen and oxygen atoms in total. The molecule has 174 valence electrons. The average molecular weight is 470 g/mol. The van der Waals surface area contributed by atoms with E-state index in [1.165, 1.54) is 30.5 Å². The number of halogens is 2. The predicted molar refractivity (Wildman–Crippen MR) is 126 cm³/mol. The van der Waals surface area contributed by atoms with E-state index >= 15 is 0 Å². The monoisotopic (exact) mass is 470 g/mol. The minimum atomic E-state index is -0.487. The molecular weight excluding hydrogens is 450 g/mol. The van der Waals surface area contributed by atoms with Crippen LogP contribution in [0.4, 0.5) is 14.6 Å². The van der Waals surface area contributed by atoms with Crippen molar-refractivity contribution in [2.45, 2.75) is 18.8 Å². The van der Waals surface area contributed by atoms with Gasteiger partial charge in [-0.15, -0.1) is 10.2 Å². The summed E-state index contributed by atoms with van der Waals surface area (Å²) in [5.74, 6) is 0.840.